The van der Waals surface area contributed by atoms with Gasteiger partial charge in [-0.2, -0.15) is 5.01 Å². The van der Waals surface area contributed by atoms with E-state index >= 15 is 0 Å². The number of carbonyl (C=O) groups is 3. The number of nitrogens with one attached hydrogen (secondary N) is 1. The number of urea groups is 1. The second-order valence-electron chi connectivity index (χ2n) is 5.55. The summed E-state index contributed by atoms with van der Waals surface area (Å²) in [4.78, 5) is 37.8. The van der Waals surface area contributed by atoms with Gasteiger partial charge in [-0.25, -0.2) is 4.79 Å². The average Bonchev–Trinajstić information content (AvgIpc) is 2.84. The van der Waals surface area contributed by atoms with Gasteiger partial charge in [0, 0.05) is 6.54 Å². The molecule has 0 aliphatic carbocycles. The summed E-state index contributed by atoms with van der Waals surface area (Å²) in [6, 6.07) is 18.0. The highest BCUT2D eigenvalue weighted by Crippen LogP contribution is 2.13. The second-order valence-corrected chi connectivity index (χ2v) is 5.55. The Morgan fingerprint density at radius 1 is 0.917 bits per heavy atom. The number of hydrazine groups is 1. The third-order valence-corrected chi connectivity index (χ3v) is 3.70. The standard InChI is InChI=1S/C18H17N3O3/c22-16(11-14-7-3-1-4-8-14)19-21-17(23)13-20(18(21)24)12-15-9-5-2-6-10-15/h1-10H,11-13H2,(H,19,22). The molecule has 0 spiro atoms. The molecule has 0 unspecified atom stereocenters. The van der Waals surface area contributed by atoms with E-state index in [1.165, 1.54) is 4.90 Å². The quantitative estimate of drug-likeness (QED) is 0.852. The zero-order valence-corrected chi connectivity index (χ0v) is 13.0. The third kappa shape index (κ3) is 3.60. The Labute approximate surface area is 139 Å². The Hall–Kier alpha value is -3.15. The maximum atomic E-state index is 12.3. The summed E-state index contributed by atoms with van der Waals surface area (Å²) in [7, 11) is 0. The van der Waals surface area contributed by atoms with Gasteiger partial charge in [-0.05, 0) is 11.1 Å². The lowest BCUT2D eigenvalue weighted by Crippen LogP contribution is -2.47. The summed E-state index contributed by atoms with van der Waals surface area (Å²) in [6.45, 7) is 0.288. The molecule has 6 heteroatoms. The van der Waals surface area contributed by atoms with Crippen molar-refractivity contribution in [1.29, 1.82) is 0 Å². The molecule has 2 aromatic rings. The van der Waals surface area contributed by atoms with E-state index in [4.69, 9.17) is 0 Å². The van der Waals surface area contributed by atoms with Crippen molar-refractivity contribution < 1.29 is 14.4 Å². The lowest BCUT2D eigenvalue weighted by molar-refractivity contribution is -0.134. The molecule has 1 N–H and O–H groups in total. The van der Waals surface area contributed by atoms with E-state index in [1.54, 1.807) is 0 Å². The van der Waals surface area contributed by atoms with E-state index in [-0.39, 0.29) is 13.0 Å². The molecule has 0 bridgehead atoms. The molecule has 0 radical (unpaired) electrons. The highest BCUT2D eigenvalue weighted by molar-refractivity contribution is 6.03. The van der Waals surface area contributed by atoms with Gasteiger partial charge in [0.15, 0.2) is 0 Å². The normalized spacial score (nSPS) is 14.2. The number of nitrogens with zero attached hydrogens (tertiary/aromatic N) is 2. The molecule has 0 aromatic heterocycles. The molecule has 4 amide bonds. The van der Waals surface area contributed by atoms with E-state index in [9.17, 15) is 14.4 Å². The number of benzene rings is 2. The molecule has 1 saturated heterocycles. The number of hydrogen-bond donors (Lipinski definition) is 1. The summed E-state index contributed by atoms with van der Waals surface area (Å²) in [5.41, 5.74) is 4.14. The Balaban J connectivity index is 1.61. The molecule has 0 saturated carbocycles. The zero-order valence-electron chi connectivity index (χ0n) is 13.0. The van der Waals surface area contributed by atoms with E-state index in [2.05, 4.69) is 5.43 Å². The van der Waals surface area contributed by atoms with Crippen molar-refractivity contribution in [1.82, 2.24) is 15.3 Å². The largest absolute Gasteiger partial charge is 0.346 e. The van der Waals surface area contributed by atoms with Crippen molar-refractivity contribution >= 4 is 17.8 Å². The van der Waals surface area contributed by atoms with Gasteiger partial charge in [0.1, 0.15) is 6.54 Å². The van der Waals surface area contributed by atoms with E-state index in [0.717, 1.165) is 16.1 Å². The average molecular weight is 323 g/mol. The molecule has 0 atom stereocenters. The molecule has 2 aromatic carbocycles. The van der Waals surface area contributed by atoms with Crippen molar-refractivity contribution in [2.45, 2.75) is 13.0 Å². The van der Waals surface area contributed by atoms with Gasteiger partial charge in [-0.3, -0.25) is 15.0 Å². The van der Waals surface area contributed by atoms with Crippen molar-refractivity contribution in [3.63, 3.8) is 0 Å². The van der Waals surface area contributed by atoms with Crippen molar-refractivity contribution in [3.05, 3.63) is 71.8 Å². The van der Waals surface area contributed by atoms with Gasteiger partial charge < -0.3 is 4.90 Å². The molecule has 24 heavy (non-hydrogen) atoms. The minimum atomic E-state index is -0.509. The monoisotopic (exact) mass is 323 g/mol. The van der Waals surface area contributed by atoms with Gasteiger partial charge in [-0.1, -0.05) is 60.7 Å². The molecule has 1 aliphatic heterocycles. The van der Waals surface area contributed by atoms with E-state index in [1.807, 2.05) is 60.7 Å². The highest BCUT2D eigenvalue weighted by atomic mass is 16.2. The van der Waals surface area contributed by atoms with Crippen LogP contribution in [0, 0.1) is 0 Å². The fraction of sp³-hybridized carbons (Fsp3) is 0.167. The van der Waals surface area contributed by atoms with Gasteiger partial charge in [0.25, 0.3) is 5.91 Å². The first-order valence-electron chi connectivity index (χ1n) is 7.62. The third-order valence-electron chi connectivity index (χ3n) is 3.70. The van der Waals surface area contributed by atoms with Crippen LogP contribution in [-0.4, -0.2) is 34.3 Å². The summed E-state index contributed by atoms with van der Waals surface area (Å²) < 4.78 is 0. The minimum Gasteiger partial charge on any atom is -0.309 e. The molecule has 3 rings (SSSR count). The summed E-state index contributed by atoms with van der Waals surface area (Å²) in [5, 5.41) is 0.800. The van der Waals surface area contributed by atoms with Crippen LogP contribution >= 0.6 is 0 Å². The van der Waals surface area contributed by atoms with Gasteiger partial charge >= 0.3 is 6.03 Å². The van der Waals surface area contributed by atoms with Crippen LogP contribution in [0.4, 0.5) is 4.79 Å². The summed E-state index contributed by atoms with van der Waals surface area (Å²) in [5.74, 6) is -0.832. The summed E-state index contributed by atoms with van der Waals surface area (Å²) in [6.07, 6.45) is 0.108. The zero-order chi connectivity index (χ0) is 16.9. The second kappa shape index (κ2) is 6.95. The molecular weight excluding hydrogens is 306 g/mol. The smallest absolute Gasteiger partial charge is 0.309 e. The van der Waals surface area contributed by atoms with Crippen molar-refractivity contribution in [3.8, 4) is 0 Å². The number of amides is 4. The molecule has 6 nitrogen and oxygen atoms in total. The van der Waals surface area contributed by atoms with Crippen molar-refractivity contribution in [2.24, 2.45) is 0 Å². The van der Waals surface area contributed by atoms with Crippen molar-refractivity contribution in [2.75, 3.05) is 6.54 Å². The molecule has 1 aliphatic rings. The lowest BCUT2D eigenvalue weighted by Gasteiger charge is -2.17. The van der Waals surface area contributed by atoms with Gasteiger partial charge in [-0.15, -0.1) is 0 Å². The van der Waals surface area contributed by atoms with E-state index < -0.39 is 17.8 Å². The SMILES string of the molecule is O=C(Cc1ccccc1)NN1C(=O)CN(Cc2ccccc2)C1=O. The van der Waals surface area contributed by atoms with Gasteiger partial charge in [0.05, 0.1) is 6.42 Å². The molecule has 1 heterocycles. The molecule has 1 fully saturated rings. The fourth-order valence-corrected chi connectivity index (χ4v) is 2.53. The first kappa shape index (κ1) is 15.7. The first-order valence-corrected chi connectivity index (χ1v) is 7.62. The Morgan fingerprint density at radius 2 is 1.50 bits per heavy atom. The van der Waals surface area contributed by atoms with Crippen LogP contribution in [0.2, 0.25) is 0 Å². The Bertz CT molecular complexity index is 747. The molecular formula is C18H17N3O3. The van der Waals surface area contributed by atoms with Crippen LogP contribution in [-0.2, 0) is 22.6 Å². The number of hydrogen-bond acceptors (Lipinski definition) is 3. The van der Waals surface area contributed by atoms with Crippen LogP contribution in [0.25, 0.3) is 0 Å². The predicted octanol–water partition coefficient (Wildman–Crippen LogP) is 1.72. The number of imide groups is 1. The van der Waals surface area contributed by atoms with Crippen LogP contribution in [0.15, 0.2) is 60.7 Å². The number of rotatable bonds is 5. The maximum absolute atomic E-state index is 12.3. The highest BCUT2D eigenvalue weighted by Gasteiger charge is 2.37. The maximum Gasteiger partial charge on any atom is 0.346 e. The van der Waals surface area contributed by atoms with Crippen LogP contribution < -0.4 is 5.43 Å². The van der Waals surface area contributed by atoms with Crippen LogP contribution in [0.5, 0.6) is 0 Å². The summed E-state index contributed by atoms with van der Waals surface area (Å²) >= 11 is 0. The Kier molecular flexibility index (Phi) is 4.56. The van der Waals surface area contributed by atoms with Crippen LogP contribution in [0.1, 0.15) is 11.1 Å². The fourth-order valence-electron chi connectivity index (χ4n) is 2.53. The predicted molar refractivity (Wildman–Crippen MR) is 87.4 cm³/mol. The van der Waals surface area contributed by atoms with Gasteiger partial charge in [0.2, 0.25) is 5.91 Å². The molecule has 122 valence electrons. The lowest BCUT2D eigenvalue weighted by atomic mass is 10.1. The van der Waals surface area contributed by atoms with Crippen LogP contribution in [0.3, 0.4) is 0 Å². The topological polar surface area (TPSA) is 69.7 Å². The van der Waals surface area contributed by atoms with E-state index in [0.29, 0.717) is 6.54 Å². The minimum absolute atomic E-state index is 0.0423. The first-order chi connectivity index (χ1) is 11.6. The number of carbonyl (C=O) groups excluding carboxylic acids is 3. The Morgan fingerprint density at radius 3 is 2.12 bits per heavy atom.